The molecule has 0 aliphatic heterocycles. The number of ether oxygens (including phenoxy) is 1. The number of aromatic amines is 1. The van der Waals surface area contributed by atoms with Crippen LogP contribution in [-0.2, 0) is 4.79 Å². The number of anilines is 1. The largest absolute Gasteiger partial charge is 0.496 e. The molecule has 0 spiro atoms. The second-order valence-corrected chi connectivity index (χ2v) is 8.24. The Bertz CT molecular complexity index is 1140. The average molecular weight is 455 g/mol. The van der Waals surface area contributed by atoms with Crippen LogP contribution in [0.5, 0.6) is 5.75 Å². The van der Waals surface area contributed by atoms with Crippen molar-refractivity contribution in [1.82, 2.24) is 19.9 Å². The highest BCUT2D eigenvalue weighted by molar-refractivity contribution is 9.10. The number of nitrogens with two attached hydrogens (primary N) is 1. The fourth-order valence-electron chi connectivity index (χ4n) is 4.51. The van der Waals surface area contributed by atoms with E-state index in [1.54, 1.807) is 31.8 Å². The van der Waals surface area contributed by atoms with E-state index in [0.29, 0.717) is 17.2 Å². The first kappa shape index (κ1) is 18.1. The lowest BCUT2D eigenvalue weighted by Gasteiger charge is -2.28. The van der Waals surface area contributed by atoms with Crippen LogP contribution < -0.4 is 15.8 Å². The number of hydrogen-bond acceptors (Lipinski definition) is 6. The van der Waals surface area contributed by atoms with Gasteiger partial charge in [-0.1, -0.05) is 12.2 Å². The molecule has 4 N–H and O–H groups in total. The molecule has 2 aliphatic rings. The number of hydrogen-bond donors (Lipinski definition) is 3. The summed E-state index contributed by atoms with van der Waals surface area (Å²) < 4.78 is 6.21. The van der Waals surface area contributed by atoms with Gasteiger partial charge < -0.3 is 20.8 Å². The van der Waals surface area contributed by atoms with Gasteiger partial charge in [0.25, 0.3) is 0 Å². The Labute approximate surface area is 175 Å². The van der Waals surface area contributed by atoms with E-state index in [4.69, 9.17) is 10.5 Å². The van der Waals surface area contributed by atoms with E-state index in [-0.39, 0.29) is 29.7 Å². The Morgan fingerprint density at radius 2 is 2.17 bits per heavy atom. The lowest BCUT2D eigenvalue weighted by Crippen LogP contribution is -2.41. The van der Waals surface area contributed by atoms with Gasteiger partial charge in [-0.3, -0.25) is 9.78 Å². The topological polar surface area (TPSA) is 119 Å². The molecule has 1 saturated carbocycles. The van der Waals surface area contributed by atoms with E-state index in [0.717, 1.165) is 27.7 Å². The fraction of sp³-hybridized carbons (Fsp3) is 0.300. The monoisotopic (exact) mass is 454 g/mol. The van der Waals surface area contributed by atoms with Crippen LogP contribution in [0.4, 0.5) is 5.69 Å². The minimum Gasteiger partial charge on any atom is -0.496 e. The summed E-state index contributed by atoms with van der Waals surface area (Å²) in [7, 11) is 1.61. The number of halogens is 1. The van der Waals surface area contributed by atoms with Gasteiger partial charge in [-0.05, 0) is 40.3 Å². The van der Waals surface area contributed by atoms with Gasteiger partial charge in [-0.15, -0.1) is 0 Å². The second-order valence-electron chi connectivity index (χ2n) is 7.39. The van der Waals surface area contributed by atoms with Gasteiger partial charge in [0, 0.05) is 24.6 Å². The van der Waals surface area contributed by atoms with Crippen molar-refractivity contribution in [3.8, 4) is 17.1 Å². The number of carbonyl (C=O) groups is 1. The number of imidazole rings is 1. The normalized spacial score (nSPS) is 24.9. The molecule has 0 saturated heterocycles. The molecular formula is C20H19BrN6O2. The summed E-state index contributed by atoms with van der Waals surface area (Å²) in [4.78, 5) is 28.6. The van der Waals surface area contributed by atoms with Gasteiger partial charge in [0.15, 0.2) is 5.65 Å². The van der Waals surface area contributed by atoms with E-state index >= 15 is 0 Å². The summed E-state index contributed by atoms with van der Waals surface area (Å²) in [5, 5.41) is 3.55. The van der Waals surface area contributed by atoms with Crippen molar-refractivity contribution < 1.29 is 9.53 Å². The van der Waals surface area contributed by atoms with Gasteiger partial charge in [-0.2, -0.15) is 0 Å². The molecule has 0 radical (unpaired) electrons. The lowest BCUT2D eigenvalue weighted by molar-refractivity contribution is -0.122. The fourth-order valence-corrected chi connectivity index (χ4v) is 4.93. The molecule has 4 unspecified atom stereocenters. The smallest absolute Gasteiger partial charge is 0.223 e. The molecule has 3 aromatic heterocycles. The molecule has 3 aromatic rings. The first-order chi connectivity index (χ1) is 14.1. The number of H-pyrrole nitrogens is 1. The maximum atomic E-state index is 12.1. The molecular weight excluding hydrogens is 436 g/mol. The summed E-state index contributed by atoms with van der Waals surface area (Å²) in [5.41, 5.74) is 8.58. The number of carbonyl (C=O) groups excluding carboxylic acids is 1. The Hall–Kier alpha value is -2.94. The van der Waals surface area contributed by atoms with Crippen LogP contribution in [0.25, 0.3) is 22.6 Å². The maximum absolute atomic E-state index is 12.1. The number of nitrogens with one attached hydrogen (secondary N) is 2. The Kier molecular flexibility index (Phi) is 4.27. The standard InChI is InChI=1S/C20H19BrN6O2/c1-29-13-4-5-23-7-11(13)19-26-17-16(12(21)8-24-20(17)27-19)25-15-10-3-2-9(6-10)14(15)18(22)28/h2-5,7-10,14-15H,6H2,1H3,(H2,22,28)(H2,24,25,26,27). The molecule has 9 heteroatoms. The predicted molar refractivity (Wildman–Crippen MR) is 112 cm³/mol. The van der Waals surface area contributed by atoms with Crippen LogP contribution in [0.2, 0.25) is 0 Å². The Morgan fingerprint density at radius 1 is 1.34 bits per heavy atom. The number of fused-ring (bicyclic) bond motifs is 3. The molecule has 3 heterocycles. The highest BCUT2D eigenvalue weighted by atomic mass is 79.9. The number of rotatable bonds is 5. The summed E-state index contributed by atoms with van der Waals surface area (Å²) in [6.45, 7) is 0. The van der Waals surface area contributed by atoms with Crippen molar-refractivity contribution in [3.05, 3.63) is 41.3 Å². The Balaban J connectivity index is 1.58. The minimum absolute atomic E-state index is 0.0657. The van der Waals surface area contributed by atoms with Crippen molar-refractivity contribution in [2.24, 2.45) is 23.5 Å². The maximum Gasteiger partial charge on any atom is 0.223 e. The summed E-state index contributed by atoms with van der Waals surface area (Å²) in [6, 6.07) is 1.72. The number of primary amides is 1. The van der Waals surface area contributed by atoms with Gasteiger partial charge >= 0.3 is 0 Å². The van der Waals surface area contributed by atoms with Gasteiger partial charge in [-0.25, -0.2) is 9.97 Å². The van der Waals surface area contributed by atoms with Gasteiger partial charge in [0.2, 0.25) is 5.91 Å². The minimum atomic E-state index is -0.272. The van der Waals surface area contributed by atoms with E-state index in [1.165, 1.54) is 0 Å². The predicted octanol–water partition coefficient (Wildman–Crippen LogP) is 2.88. The van der Waals surface area contributed by atoms with Crippen molar-refractivity contribution in [3.63, 3.8) is 0 Å². The third-order valence-corrected chi connectivity index (χ3v) is 6.43. The zero-order valence-electron chi connectivity index (χ0n) is 15.6. The van der Waals surface area contributed by atoms with Gasteiger partial charge in [0.05, 0.1) is 28.8 Å². The number of pyridine rings is 2. The van der Waals surface area contributed by atoms with Crippen molar-refractivity contribution >= 4 is 38.7 Å². The van der Waals surface area contributed by atoms with Crippen molar-refractivity contribution in [2.75, 3.05) is 12.4 Å². The van der Waals surface area contributed by atoms with Crippen LogP contribution >= 0.6 is 15.9 Å². The molecule has 2 bridgehead atoms. The summed E-state index contributed by atoms with van der Waals surface area (Å²) in [6.07, 6.45) is 10.3. The molecule has 0 aromatic carbocycles. The molecule has 148 valence electrons. The van der Waals surface area contributed by atoms with E-state index < -0.39 is 0 Å². The SMILES string of the molecule is COc1ccncc1-c1nc2ncc(Br)c(NC3C4C=CC(C4)C3C(N)=O)c2[nH]1. The Morgan fingerprint density at radius 3 is 2.97 bits per heavy atom. The number of aromatic nitrogens is 4. The molecule has 2 aliphatic carbocycles. The quantitative estimate of drug-likeness (QED) is 0.509. The highest BCUT2D eigenvalue weighted by Crippen LogP contribution is 2.46. The van der Waals surface area contributed by atoms with Crippen LogP contribution in [0.3, 0.4) is 0 Å². The number of amides is 1. The van der Waals surface area contributed by atoms with Crippen LogP contribution in [0.1, 0.15) is 6.42 Å². The second kappa shape index (κ2) is 6.84. The van der Waals surface area contributed by atoms with E-state index in [1.807, 2.05) is 0 Å². The first-order valence-corrected chi connectivity index (χ1v) is 10.1. The lowest BCUT2D eigenvalue weighted by atomic mass is 9.88. The molecule has 1 amide bonds. The van der Waals surface area contributed by atoms with Crippen molar-refractivity contribution in [2.45, 2.75) is 12.5 Å². The third-order valence-electron chi connectivity index (χ3n) is 5.83. The molecule has 5 rings (SSSR count). The molecule has 4 atom stereocenters. The summed E-state index contributed by atoms with van der Waals surface area (Å²) >= 11 is 3.58. The zero-order valence-corrected chi connectivity index (χ0v) is 17.2. The summed E-state index contributed by atoms with van der Waals surface area (Å²) in [5.74, 6) is 1.24. The van der Waals surface area contributed by atoms with E-state index in [9.17, 15) is 4.79 Å². The molecule has 1 fully saturated rings. The highest BCUT2D eigenvalue weighted by Gasteiger charge is 2.47. The van der Waals surface area contributed by atoms with Crippen molar-refractivity contribution in [1.29, 1.82) is 0 Å². The van der Waals surface area contributed by atoms with E-state index in [2.05, 4.69) is 53.3 Å². The first-order valence-electron chi connectivity index (χ1n) is 9.33. The number of allylic oxidation sites excluding steroid dienone is 1. The van der Waals surface area contributed by atoms with Gasteiger partial charge in [0.1, 0.15) is 17.1 Å². The van der Waals surface area contributed by atoms with Crippen LogP contribution in [0.15, 0.2) is 41.3 Å². The molecule has 8 nitrogen and oxygen atoms in total. The number of methoxy groups -OCH3 is 1. The average Bonchev–Trinajstić information content (AvgIpc) is 3.44. The number of nitrogens with zero attached hydrogens (tertiary/aromatic N) is 3. The zero-order chi connectivity index (χ0) is 20.1. The molecule has 29 heavy (non-hydrogen) atoms. The van der Waals surface area contributed by atoms with Crippen LogP contribution in [0, 0.1) is 17.8 Å². The van der Waals surface area contributed by atoms with Crippen LogP contribution in [-0.4, -0.2) is 39.0 Å². The third kappa shape index (κ3) is 2.88.